The quantitative estimate of drug-likeness (QED) is 0.682. The molecule has 2 unspecified atom stereocenters. The minimum atomic E-state index is -0.365. The van der Waals surface area contributed by atoms with Crippen LogP contribution in [0.4, 0.5) is 10.5 Å². The molecule has 0 spiro atoms. The maximum atomic E-state index is 13.1. The molecular formula is C22H29N3O3S. The second kappa shape index (κ2) is 9.03. The summed E-state index contributed by atoms with van der Waals surface area (Å²) in [6.07, 6.45) is 2.61. The molecule has 0 saturated carbocycles. The van der Waals surface area contributed by atoms with Gasteiger partial charge in [-0.2, -0.15) is 0 Å². The Morgan fingerprint density at radius 3 is 2.69 bits per heavy atom. The summed E-state index contributed by atoms with van der Waals surface area (Å²) >= 11 is 1.43. The van der Waals surface area contributed by atoms with Crippen LogP contribution < -0.4 is 4.90 Å². The zero-order valence-corrected chi connectivity index (χ0v) is 18.3. The second-order valence-corrected chi connectivity index (χ2v) is 8.99. The molecule has 2 atom stereocenters. The van der Waals surface area contributed by atoms with Gasteiger partial charge in [0, 0.05) is 18.8 Å². The number of rotatable bonds is 7. The molecule has 0 N–H and O–H groups in total. The lowest BCUT2D eigenvalue weighted by molar-refractivity contribution is -0.132. The molecule has 3 rings (SSSR count). The zero-order valence-electron chi connectivity index (χ0n) is 17.5. The molecule has 2 heterocycles. The Kier molecular flexibility index (Phi) is 6.67. The van der Waals surface area contributed by atoms with E-state index in [2.05, 4.69) is 13.8 Å². The van der Waals surface area contributed by atoms with Gasteiger partial charge in [0.2, 0.25) is 11.8 Å². The summed E-state index contributed by atoms with van der Waals surface area (Å²) < 4.78 is 0. The first-order valence-corrected chi connectivity index (χ1v) is 11.1. The Morgan fingerprint density at radius 1 is 1.28 bits per heavy atom. The Hall–Kier alpha value is -2.28. The summed E-state index contributed by atoms with van der Waals surface area (Å²) in [5, 5.41) is 1.50. The lowest BCUT2D eigenvalue weighted by atomic mass is 10.1. The first kappa shape index (κ1) is 21.4. The molecule has 0 bridgehead atoms. The lowest BCUT2D eigenvalue weighted by Crippen LogP contribution is -2.63. The average Bonchev–Trinajstić information content (AvgIpc) is 3.15. The minimum absolute atomic E-state index is 0.0435. The van der Waals surface area contributed by atoms with Gasteiger partial charge in [-0.25, -0.2) is 4.79 Å². The van der Waals surface area contributed by atoms with Gasteiger partial charge in [0.05, 0.1) is 6.04 Å². The van der Waals surface area contributed by atoms with Gasteiger partial charge < -0.3 is 9.80 Å². The molecule has 2 aliphatic rings. The Morgan fingerprint density at radius 2 is 2.03 bits per heavy atom. The standard InChI is InChI=1S/C22H29N3O3S/c1-5-23(17-8-6-7-16(4)13-17)19(26)14-25-18-10-12-29-20(18)21(27)24(22(25)28)11-9-15(2)3/h6-8,10,12-13,15,18,20H,5,9,11,14H2,1-4H3. The van der Waals surface area contributed by atoms with E-state index in [0.717, 1.165) is 17.7 Å². The smallest absolute Gasteiger partial charge is 0.311 e. The van der Waals surface area contributed by atoms with E-state index in [1.807, 2.05) is 49.6 Å². The summed E-state index contributed by atoms with van der Waals surface area (Å²) in [5.41, 5.74) is 1.89. The molecule has 2 aliphatic heterocycles. The van der Waals surface area contributed by atoms with Gasteiger partial charge in [0.1, 0.15) is 11.8 Å². The van der Waals surface area contributed by atoms with E-state index >= 15 is 0 Å². The van der Waals surface area contributed by atoms with Crippen molar-refractivity contribution in [3.63, 3.8) is 0 Å². The molecular weight excluding hydrogens is 386 g/mol. The number of nitrogens with zero attached hydrogens (tertiary/aromatic N) is 3. The summed E-state index contributed by atoms with van der Waals surface area (Å²) in [6.45, 7) is 8.90. The van der Waals surface area contributed by atoms with Crippen molar-refractivity contribution >= 4 is 35.3 Å². The molecule has 4 amide bonds. The van der Waals surface area contributed by atoms with Crippen LogP contribution in [0.1, 0.15) is 32.8 Å². The van der Waals surface area contributed by atoms with E-state index < -0.39 is 0 Å². The maximum absolute atomic E-state index is 13.1. The number of thioether (sulfide) groups is 1. The van der Waals surface area contributed by atoms with Gasteiger partial charge in [-0.05, 0) is 49.3 Å². The van der Waals surface area contributed by atoms with Crippen molar-refractivity contribution in [3.05, 3.63) is 41.3 Å². The largest absolute Gasteiger partial charge is 0.327 e. The topological polar surface area (TPSA) is 60.9 Å². The van der Waals surface area contributed by atoms with E-state index in [1.165, 1.54) is 16.7 Å². The molecule has 1 aromatic rings. The molecule has 0 aromatic heterocycles. The van der Waals surface area contributed by atoms with Crippen LogP contribution in [0, 0.1) is 12.8 Å². The first-order valence-electron chi connectivity index (χ1n) is 10.1. The van der Waals surface area contributed by atoms with Crippen molar-refractivity contribution in [1.29, 1.82) is 0 Å². The summed E-state index contributed by atoms with van der Waals surface area (Å²) in [5.74, 6) is 0.0914. The third kappa shape index (κ3) is 4.50. The number of anilines is 1. The Balaban J connectivity index is 1.81. The predicted molar refractivity (Wildman–Crippen MR) is 117 cm³/mol. The maximum Gasteiger partial charge on any atom is 0.327 e. The summed E-state index contributed by atoms with van der Waals surface area (Å²) in [7, 11) is 0. The SMILES string of the molecule is CCN(C(=O)CN1C(=O)N(CCC(C)C)C(=O)C2SC=CC21)c1cccc(C)c1. The molecule has 1 saturated heterocycles. The molecule has 7 heteroatoms. The van der Waals surface area contributed by atoms with Gasteiger partial charge in [-0.1, -0.05) is 32.1 Å². The van der Waals surface area contributed by atoms with Crippen molar-refractivity contribution in [2.24, 2.45) is 5.92 Å². The molecule has 0 aliphatic carbocycles. The van der Waals surface area contributed by atoms with E-state index in [-0.39, 0.29) is 35.7 Å². The number of imide groups is 1. The number of benzene rings is 1. The van der Waals surface area contributed by atoms with Crippen LogP contribution in [0.5, 0.6) is 0 Å². The highest BCUT2D eigenvalue weighted by atomic mass is 32.2. The van der Waals surface area contributed by atoms with Gasteiger partial charge in [-0.3, -0.25) is 14.5 Å². The van der Waals surface area contributed by atoms with Crippen molar-refractivity contribution < 1.29 is 14.4 Å². The number of carbonyl (C=O) groups excluding carboxylic acids is 3. The highest BCUT2D eigenvalue weighted by Gasteiger charge is 2.47. The van der Waals surface area contributed by atoms with Crippen LogP contribution in [-0.2, 0) is 9.59 Å². The highest BCUT2D eigenvalue weighted by molar-refractivity contribution is 8.03. The monoisotopic (exact) mass is 415 g/mol. The van der Waals surface area contributed by atoms with Gasteiger partial charge in [0.15, 0.2) is 0 Å². The van der Waals surface area contributed by atoms with E-state index in [4.69, 9.17) is 0 Å². The van der Waals surface area contributed by atoms with Crippen LogP contribution in [-0.4, -0.2) is 58.6 Å². The van der Waals surface area contributed by atoms with Gasteiger partial charge in [0.25, 0.3) is 0 Å². The van der Waals surface area contributed by atoms with Crippen molar-refractivity contribution in [2.45, 2.75) is 45.4 Å². The normalized spacial score (nSPS) is 21.1. The molecule has 6 nitrogen and oxygen atoms in total. The van der Waals surface area contributed by atoms with Gasteiger partial charge >= 0.3 is 6.03 Å². The number of likely N-dealkylation sites (N-methyl/N-ethyl adjacent to an activating group) is 1. The van der Waals surface area contributed by atoms with E-state index in [9.17, 15) is 14.4 Å². The highest BCUT2D eigenvalue weighted by Crippen LogP contribution is 2.34. The predicted octanol–water partition coefficient (Wildman–Crippen LogP) is 3.66. The molecule has 0 radical (unpaired) electrons. The number of urea groups is 1. The summed E-state index contributed by atoms with van der Waals surface area (Å²) in [4.78, 5) is 43.7. The molecule has 1 aromatic carbocycles. The minimum Gasteiger partial charge on any atom is -0.311 e. The van der Waals surface area contributed by atoms with Crippen molar-refractivity contribution in [2.75, 3.05) is 24.5 Å². The molecule has 29 heavy (non-hydrogen) atoms. The number of hydrogen-bond acceptors (Lipinski definition) is 4. The van der Waals surface area contributed by atoms with Gasteiger partial charge in [-0.15, -0.1) is 11.8 Å². The van der Waals surface area contributed by atoms with Crippen LogP contribution in [0.15, 0.2) is 35.7 Å². The number of hydrogen-bond donors (Lipinski definition) is 0. The van der Waals surface area contributed by atoms with Crippen LogP contribution in [0.3, 0.4) is 0 Å². The van der Waals surface area contributed by atoms with Crippen LogP contribution in [0.25, 0.3) is 0 Å². The molecule has 1 fully saturated rings. The van der Waals surface area contributed by atoms with Crippen LogP contribution in [0.2, 0.25) is 0 Å². The zero-order chi connectivity index (χ0) is 21.1. The number of carbonyl (C=O) groups is 3. The fraction of sp³-hybridized carbons (Fsp3) is 0.500. The number of fused-ring (bicyclic) bond motifs is 1. The third-order valence-electron chi connectivity index (χ3n) is 5.32. The third-order valence-corrected chi connectivity index (χ3v) is 6.41. The fourth-order valence-corrected chi connectivity index (χ4v) is 4.75. The van der Waals surface area contributed by atoms with E-state index in [0.29, 0.717) is 19.0 Å². The van der Waals surface area contributed by atoms with Crippen molar-refractivity contribution in [1.82, 2.24) is 9.80 Å². The van der Waals surface area contributed by atoms with E-state index in [1.54, 1.807) is 9.80 Å². The number of amides is 4. The first-order chi connectivity index (χ1) is 13.8. The van der Waals surface area contributed by atoms with Crippen molar-refractivity contribution in [3.8, 4) is 0 Å². The second-order valence-electron chi connectivity index (χ2n) is 7.94. The lowest BCUT2D eigenvalue weighted by Gasteiger charge is -2.41. The fourth-order valence-electron chi connectivity index (χ4n) is 3.69. The van der Waals surface area contributed by atoms with Crippen LogP contribution >= 0.6 is 11.8 Å². The summed E-state index contributed by atoms with van der Waals surface area (Å²) in [6, 6.07) is 7.04. The molecule has 156 valence electrons. The number of aryl methyl sites for hydroxylation is 1. The average molecular weight is 416 g/mol. The Labute approximate surface area is 176 Å². The Bertz CT molecular complexity index is 823.